The standard InChI is InChI=1S/C13H22N6/c1-9-7-12(15)19(16-9)6-5-13(2,3)10-8-11(14)18(4)17-10/h7-8H,5-6,14-15H2,1-4H3. The Morgan fingerprint density at radius 3 is 2.32 bits per heavy atom. The van der Waals surface area contributed by atoms with Crippen LogP contribution < -0.4 is 11.5 Å². The molecule has 6 heteroatoms. The fraction of sp³-hybridized carbons (Fsp3) is 0.538. The van der Waals surface area contributed by atoms with E-state index >= 15 is 0 Å². The van der Waals surface area contributed by atoms with E-state index in [4.69, 9.17) is 11.5 Å². The second-order valence-electron chi connectivity index (χ2n) is 5.65. The number of anilines is 2. The van der Waals surface area contributed by atoms with Crippen molar-refractivity contribution >= 4 is 11.6 Å². The van der Waals surface area contributed by atoms with Crippen LogP contribution in [0.2, 0.25) is 0 Å². The van der Waals surface area contributed by atoms with Gasteiger partial charge in [-0.1, -0.05) is 13.8 Å². The van der Waals surface area contributed by atoms with Crippen LogP contribution in [0.15, 0.2) is 12.1 Å². The van der Waals surface area contributed by atoms with Crippen LogP contribution in [0, 0.1) is 6.92 Å². The number of rotatable bonds is 4. The maximum absolute atomic E-state index is 5.90. The van der Waals surface area contributed by atoms with E-state index in [1.165, 1.54) is 0 Å². The quantitative estimate of drug-likeness (QED) is 0.873. The second kappa shape index (κ2) is 4.60. The molecule has 0 aromatic carbocycles. The van der Waals surface area contributed by atoms with Crippen LogP contribution in [0.25, 0.3) is 0 Å². The number of aromatic nitrogens is 4. The van der Waals surface area contributed by atoms with Crippen LogP contribution in [-0.2, 0) is 19.0 Å². The highest BCUT2D eigenvalue weighted by Crippen LogP contribution is 2.28. The minimum Gasteiger partial charge on any atom is -0.384 e. The van der Waals surface area contributed by atoms with Gasteiger partial charge in [0.1, 0.15) is 11.6 Å². The number of nitrogens with two attached hydrogens (primary N) is 2. The van der Waals surface area contributed by atoms with Crippen molar-refractivity contribution in [3.05, 3.63) is 23.5 Å². The highest BCUT2D eigenvalue weighted by atomic mass is 15.3. The van der Waals surface area contributed by atoms with Crippen molar-refractivity contribution in [3.8, 4) is 0 Å². The van der Waals surface area contributed by atoms with Crippen molar-refractivity contribution in [1.82, 2.24) is 19.6 Å². The van der Waals surface area contributed by atoms with Gasteiger partial charge in [0.15, 0.2) is 0 Å². The maximum Gasteiger partial charge on any atom is 0.121 e. The average Bonchev–Trinajstić information content (AvgIpc) is 2.81. The topological polar surface area (TPSA) is 87.7 Å². The molecule has 0 aliphatic heterocycles. The van der Waals surface area contributed by atoms with Gasteiger partial charge in [-0.2, -0.15) is 10.2 Å². The molecule has 0 unspecified atom stereocenters. The first-order valence-electron chi connectivity index (χ1n) is 6.39. The third-order valence-corrected chi connectivity index (χ3v) is 3.49. The molecule has 0 bridgehead atoms. The molecule has 104 valence electrons. The van der Waals surface area contributed by atoms with Gasteiger partial charge in [0.05, 0.1) is 11.4 Å². The van der Waals surface area contributed by atoms with Crippen molar-refractivity contribution in [2.45, 2.75) is 39.2 Å². The lowest BCUT2D eigenvalue weighted by Gasteiger charge is -2.22. The smallest absolute Gasteiger partial charge is 0.121 e. The lowest BCUT2D eigenvalue weighted by molar-refractivity contribution is 0.409. The molecule has 2 heterocycles. The van der Waals surface area contributed by atoms with E-state index in [-0.39, 0.29) is 5.41 Å². The van der Waals surface area contributed by atoms with Gasteiger partial charge < -0.3 is 11.5 Å². The molecule has 0 aliphatic carbocycles. The SMILES string of the molecule is Cc1cc(N)n(CCC(C)(C)c2cc(N)n(C)n2)n1. The number of nitrogens with zero attached hydrogens (tertiary/aromatic N) is 4. The molecule has 0 amide bonds. The van der Waals surface area contributed by atoms with Crippen LogP contribution in [-0.4, -0.2) is 19.6 Å². The van der Waals surface area contributed by atoms with Gasteiger partial charge in [-0.3, -0.25) is 4.68 Å². The van der Waals surface area contributed by atoms with Gasteiger partial charge in [-0.05, 0) is 13.3 Å². The molecular formula is C13H22N6. The van der Waals surface area contributed by atoms with Crippen molar-refractivity contribution in [2.75, 3.05) is 11.5 Å². The molecule has 6 nitrogen and oxygen atoms in total. The van der Waals surface area contributed by atoms with E-state index in [0.29, 0.717) is 11.6 Å². The van der Waals surface area contributed by atoms with Crippen molar-refractivity contribution in [1.29, 1.82) is 0 Å². The molecule has 0 atom stereocenters. The largest absolute Gasteiger partial charge is 0.384 e. The fourth-order valence-electron chi connectivity index (χ4n) is 2.07. The Balaban J connectivity index is 2.11. The number of aryl methyl sites for hydroxylation is 3. The van der Waals surface area contributed by atoms with Gasteiger partial charge in [-0.15, -0.1) is 0 Å². The van der Waals surface area contributed by atoms with E-state index in [0.717, 1.165) is 24.4 Å². The summed E-state index contributed by atoms with van der Waals surface area (Å²) >= 11 is 0. The number of hydrogen-bond acceptors (Lipinski definition) is 4. The zero-order valence-electron chi connectivity index (χ0n) is 12.0. The highest BCUT2D eigenvalue weighted by Gasteiger charge is 2.24. The number of hydrogen-bond donors (Lipinski definition) is 2. The van der Waals surface area contributed by atoms with Crippen molar-refractivity contribution in [2.24, 2.45) is 7.05 Å². The van der Waals surface area contributed by atoms with Gasteiger partial charge in [-0.25, -0.2) is 4.68 Å². The fourth-order valence-corrected chi connectivity index (χ4v) is 2.07. The van der Waals surface area contributed by atoms with Crippen LogP contribution in [0.1, 0.15) is 31.7 Å². The highest BCUT2D eigenvalue weighted by molar-refractivity contribution is 5.34. The van der Waals surface area contributed by atoms with E-state index in [1.807, 2.05) is 30.8 Å². The predicted octanol–water partition coefficient (Wildman–Crippen LogP) is 1.46. The third kappa shape index (κ3) is 2.72. The second-order valence-corrected chi connectivity index (χ2v) is 5.65. The van der Waals surface area contributed by atoms with Crippen LogP contribution >= 0.6 is 0 Å². The first-order chi connectivity index (χ1) is 8.79. The van der Waals surface area contributed by atoms with E-state index in [2.05, 4.69) is 24.0 Å². The summed E-state index contributed by atoms with van der Waals surface area (Å²) in [5.74, 6) is 1.38. The van der Waals surface area contributed by atoms with E-state index < -0.39 is 0 Å². The Morgan fingerprint density at radius 2 is 1.84 bits per heavy atom. The molecule has 2 rings (SSSR count). The molecule has 0 aliphatic rings. The molecule has 0 fully saturated rings. The minimum atomic E-state index is -0.0678. The molecular weight excluding hydrogens is 240 g/mol. The molecule has 0 spiro atoms. The minimum absolute atomic E-state index is 0.0678. The zero-order chi connectivity index (χ0) is 14.2. The van der Waals surface area contributed by atoms with Crippen LogP contribution in [0.4, 0.5) is 11.6 Å². The normalized spacial score (nSPS) is 12.0. The lowest BCUT2D eigenvalue weighted by atomic mass is 9.86. The molecule has 4 N–H and O–H groups in total. The summed E-state index contributed by atoms with van der Waals surface area (Å²) in [6, 6.07) is 3.81. The number of nitrogen functional groups attached to an aromatic ring is 2. The predicted molar refractivity (Wildman–Crippen MR) is 76.6 cm³/mol. The lowest BCUT2D eigenvalue weighted by Crippen LogP contribution is -2.21. The summed E-state index contributed by atoms with van der Waals surface area (Å²) in [5, 5.41) is 8.82. The summed E-state index contributed by atoms with van der Waals surface area (Å²) in [7, 11) is 1.85. The Hall–Kier alpha value is -1.98. The molecule has 2 aromatic heterocycles. The summed E-state index contributed by atoms with van der Waals surface area (Å²) in [6.45, 7) is 7.02. The Kier molecular flexibility index (Phi) is 3.26. The van der Waals surface area contributed by atoms with Crippen molar-refractivity contribution in [3.63, 3.8) is 0 Å². The monoisotopic (exact) mass is 262 g/mol. The van der Waals surface area contributed by atoms with Crippen LogP contribution in [0.5, 0.6) is 0 Å². The first-order valence-corrected chi connectivity index (χ1v) is 6.39. The summed E-state index contributed by atoms with van der Waals surface area (Å²) < 4.78 is 3.53. The Labute approximate surface area is 113 Å². The van der Waals surface area contributed by atoms with Gasteiger partial charge >= 0.3 is 0 Å². The average molecular weight is 262 g/mol. The van der Waals surface area contributed by atoms with E-state index in [1.54, 1.807) is 4.68 Å². The first kappa shape index (κ1) is 13.5. The molecule has 0 saturated heterocycles. The van der Waals surface area contributed by atoms with Crippen LogP contribution in [0.3, 0.4) is 0 Å². The molecule has 19 heavy (non-hydrogen) atoms. The maximum atomic E-state index is 5.90. The van der Waals surface area contributed by atoms with Gasteiger partial charge in [0, 0.05) is 31.1 Å². The van der Waals surface area contributed by atoms with Crippen molar-refractivity contribution < 1.29 is 0 Å². The Bertz CT molecular complexity index is 558. The summed E-state index contributed by atoms with van der Waals surface area (Å²) in [6.07, 6.45) is 0.898. The van der Waals surface area contributed by atoms with E-state index in [9.17, 15) is 0 Å². The molecule has 0 radical (unpaired) electrons. The summed E-state index contributed by atoms with van der Waals surface area (Å²) in [4.78, 5) is 0. The summed E-state index contributed by atoms with van der Waals surface area (Å²) in [5.41, 5.74) is 13.6. The van der Waals surface area contributed by atoms with Gasteiger partial charge in [0.25, 0.3) is 0 Å². The molecule has 2 aromatic rings. The third-order valence-electron chi connectivity index (χ3n) is 3.49. The van der Waals surface area contributed by atoms with Gasteiger partial charge in [0.2, 0.25) is 0 Å². The molecule has 0 saturated carbocycles. The Morgan fingerprint density at radius 1 is 1.16 bits per heavy atom. The zero-order valence-corrected chi connectivity index (χ0v) is 12.0.